The first-order valence-corrected chi connectivity index (χ1v) is 11.1. The van der Waals surface area contributed by atoms with Crippen molar-refractivity contribution in [3.8, 4) is 0 Å². The molecule has 1 saturated carbocycles. The van der Waals surface area contributed by atoms with Gasteiger partial charge in [-0.1, -0.05) is 46.6 Å². The van der Waals surface area contributed by atoms with E-state index < -0.39 is 0 Å². The molecule has 26 heavy (non-hydrogen) atoms. The highest BCUT2D eigenvalue weighted by atomic mass is 16.1. The van der Waals surface area contributed by atoms with Gasteiger partial charge in [0.25, 0.3) is 0 Å². The van der Waals surface area contributed by atoms with Gasteiger partial charge in [0.05, 0.1) is 17.0 Å². The van der Waals surface area contributed by atoms with Crippen LogP contribution in [0.2, 0.25) is 0 Å². The summed E-state index contributed by atoms with van der Waals surface area (Å²) in [5.41, 5.74) is 2.04. The molecule has 3 nitrogen and oxygen atoms in total. The Hall–Kier alpha value is -0.670. The Kier molecular flexibility index (Phi) is 3.65. The van der Waals surface area contributed by atoms with Crippen LogP contribution in [0.4, 0.5) is 0 Å². The van der Waals surface area contributed by atoms with Gasteiger partial charge in [-0.05, 0) is 48.5 Å². The predicted molar refractivity (Wildman–Crippen MR) is 105 cm³/mol. The zero-order valence-corrected chi connectivity index (χ0v) is 17.2. The molecule has 0 N–H and O–H groups in total. The van der Waals surface area contributed by atoms with Gasteiger partial charge in [-0.25, -0.2) is 0 Å². The van der Waals surface area contributed by atoms with Gasteiger partial charge >= 0.3 is 0 Å². The Morgan fingerprint density at radius 1 is 1.00 bits per heavy atom. The molecule has 144 valence electrons. The minimum Gasteiger partial charge on any atom is -0.298 e. The predicted octanol–water partition coefficient (Wildman–Crippen LogP) is 4.09. The second kappa shape index (κ2) is 5.44. The number of ketones is 1. The largest absolute Gasteiger partial charge is 0.298 e. The van der Waals surface area contributed by atoms with Gasteiger partial charge in [-0.15, -0.1) is 0 Å². The van der Waals surface area contributed by atoms with Crippen molar-refractivity contribution in [2.24, 2.45) is 28.1 Å². The summed E-state index contributed by atoms with van der Waals surface area (Å²) in [5.74, 6) is 2.29. The quantitative estimate of drug-likeness (QED) is 0.693. The molecule has 0 aromatic carbocycles. The van der Waals surface area contributed by atoms with Crippen molar-refractivity contribution in [3.63, 3.8) is 0 Å². The number of rotatable bonds is 5. The fraction of sp³-hybridized carbons (Fsp3) is 0.870. The standard InChI is InChI=1S/C23H36N2O/c1-5-9-22-12-24-14-23(10-6-2,20(22)26)15-25(13-22)19(24)17-8-7-16-11-18(17)21(16,3)4/h8,16,18-19H,5-7,9-15H2,1-4H3. The van der Waals surface area contributed by atoms with Crippen LogP contribution in [0.15, 0.2) is 11.6 Å². The van der Waals surface area contributed by atoms with Gasteiger partial charge in [-0.3, -0.25) is 14.6 Å². The minimum absolute atomic E-state index is 0.0796. The van der Waals surface area contributed by atoms with Crippen LogP contribution in [0.5, 0.6) is 0 Å². The summed E-state index contributed by atoms with van der Waals surface area (Å²) in [6.45, 7) is 13.5. The number of Topliss-reactive ketones (excluding diaryl/α,β-unsaturated/α-hetero) is 1. The lowest BCUT2D eigenvalue weighted by atomic mass is 9.47. The van der Waals surface area contributed by atoms with Crippen LogP contribution in [-0.4, -0.2) is 47.9 Å². The normalized spacial score (nSPS) is 50.5. The Labute approximate surface area is 159 Å². The van der Waals surface area contributed by atoms with E-state index in [0.717, 1.165) is 63.7 Å². The molecule has 4 saturated heterocycles. The number of hydrogen-bond acceptors (Lipinski definition) is 3. The fourth-order valence-corrected chi connectivity index (χ4v) is 7.80. The Balaban J connectivity index is 1.51. The van der Waals surface area contributed by atoms with Crippen LogP contribution < -0.4 is 0 Å². The van der Waals surface area contributed by atoms with Crippen LogP contribution in [0.3, 0.4) is 0 Å². The monoisotopic (exact) mass is 356 g/mol. The topological polar surface area (TPSA) is 23.6 Å². The maximum atomic E-state index is 13.6. The summed E-state index contributed by atoms with van der Waals surface area (Å²) in [5, 5.41) is 0. The molecular weight excluding hydrogens is 320 g/mol. The molecule has 2 atom stereocenters. The first kappa shape index (κ1) is 17.4. The van der Waals surface area contributed by atoms with E-state index in [-0.39, 0.29) is 10.8 Å². The number of carbonyl (C=O) groups is 1. The van der Waals surface area contributed by atoms with Gasteiger partial charge in [-0.2, -0.15) is 0 Å². The van der Waals surface area contributed by atoms with Crippen molar-refractivity contribution in [1.82, 2.24) is 9.80 Å². The van der Waals surface area contributed by atoms with Gasteiger partial charge in [0.2, 0.25) is 0 Å². The first-order valence-electron chi connectivity index (χ1n) is 11.1. The third-order valence-corrected chi connectivity index (χ3v) is 8.94. The van der Waals surface area contributed by atoms with Crippen LogP contribution in [0.25, 0.3) is 0 Å². The summed E-state index contributed by atoms with van der Waals surface area (Å²) in [6.07, 6.45) is 10.2. The molecule has 0 amide bonds. The van der Waals surface area contributed by atoms with Crippen LogP contribution in [-0.2, 0) is 4.79 Å². The smallest absolute Gasteiger partial charge is 0.150 e. The molecule has 0 spiro atoms. The molecule has 4 aliphatic heterocycles. The molecule has 2 unspecified atom stereocenters. The Morgan fingerprint density at radius 2 is 1.54 bits per heavy atom. The summed E-state index contributed by atoms with van der Waals surface area (Å²) in [6, 6.07) is 0. The third-order valence-electron chi connectivity index (χ3n) is 8.94. The van der Waals surface area contributed by atoms with E-state index in [4.69, 9.17) is 0 Å². The van der Waals surface area contributed by atoms with E-state index in [1.165, 1.54) is 12.8 Å². The summed E-state index contributed by atoms with van der Waals surface area (Å²) in [7, 11) is 0. The molecule has 0 aromatic heterocycles. The van der Waals surface area contributed by atoms with Crippen molar-refractivity contribution in [1.29, 1.82) is 0 Å². The molecule has 3 aliphatic carbocycles. The lowest BCUT2D eigenvalue weighted by molar-refractivity contribution is -0.202. The van der Waals surface area contributed by atoms with E-state index in [2.05, 4.69) is 43.6 Å². The molecular formula is C23H36N2O. The number of hydrogen-bond donors (Lipinski definition) is 0. The number of carbonyl (C=O) groups excluding carboxylic acids is 1. The molecule has 4 heterocycles. The lowest BCUT2D eigenvalue weighted by Gasteiger charge is -2.69. The van der Waals surface area contributed by atoms with Crippen molar-refractivity contribution in [3.05, 3.63) is 11.6 Å². The maximum absolute atomic E-state index is 13.6. The molecule has 0 aromatic rings. The zero-order chi connectivity index (χ0) is 18.3. The molecule has 6 bridgehead atoms. The molecule has 7 rings (SSSR count). The van der Waals surface area contributed by atoms with Crippen molar-refractivity contribution < 1.29 is 4.79 Å². The van der Waals surface area contributed by atoms with E-state index in [1.807, 2.05) is 0 Å². The van der Waals surface area contributed by atoms with E-state index in [1.54, 1.807) is 5.57 Å². The average Bonchev–Trinajstić information content (AvgIpc) is 2.59. The van der Waals surface area contributed by atoms with E-state index in [9.17, 15) is 4.79 Å². The van der Waals surface area contributed by atoms with Gasteiger partial charge < -0.3 is 0 Å². The highest BCUT2D eigenvalue weighted by Gasteiger charge is 2.66. The molecule has 7 aliphatic rings. The molecule has 0 radical (unpaired) electrons. The SMILES string of the molecule is CCCC12CN3CC(CCC)(CN(C1)C3C1=CCC3CC1C3(C)C)C2=O. The molecule has 5 fully saturated rings. The zero-order valence-electron chi connectivity index (χ0n) is 17.2. The first-order chi connectivity index (χ1) is 12.4. The van der Waals surface area contributed by atoms with Crippen LogP contribution in [0, 0.1) is 28.1 Å². The third kappa shape index (κ3) is 2.00. The minimum atomic E-state index is -0.0796. The lowest BCUT2D eigenvalue weighted by Crippen LogP contribution is -2.80. The summed E-state index contributed by atoms with van der Waals surface area (Å²) in [4.78, 5) is 19.1. The highest BCUT2D eigenvalue weighted by molar-refractivity contribution is 5.93. The average molecular weight is 357 g/mol. The van der Waals surface area contributed by atoms with E-state index >= 15 is 0 Å². The molecule has 3 heteroatoms. The Morgan fingerprint density at radius 3 is 1.96 bits per heavy atom. The maximum Gasteiger partial charge on any atom is 0.150 e. The number of fused-ring (bicyclic) bond motifs is 2. The van der Waals surface area contributed by atoms with Gasteiger partial charge in [0.1, 0.15) is 5.78 Å². The van der Waals surface area contributed by atoms with E-state index in [0.29, 0.717) is 17.4 Å². The van der Waals surface area contributed by atoms with Crippen LogP contribution >= 0.6 is 0 Å². The number of nitrogens with zero attached hydrogens (tertiary/aromatic N) is 2. The second-order valence-electron chi connectivity index (χ2n) is 10.8. The summed E-state index contributed by atoms with van der Waals surface area (Å²) >= 11 is 0. The van der Waals surface area contributed by atoms with Crippen molar-refractivity contribution >= 4 is 5.78 Å². The Bertz CT molecular complexity index is 619. The van der Waals surface area contributed by atoms with Gasteiger partial charge in [0, 0.05) is 26.2 Å². The number of allylic oxidation sites excluding steroid dienone is 1. The summed E-state index contributed by atoms with van der Waals surface area (Å²) < 4.78 is 0. The van der Waals surface area contributed by atoms with Crippen molar-refractivity contribution in [2.75, 3.05) is 26.2 Å². The van der Waals surface area contributed by atoms with Crippen LogP contribution in [0.1, 0.15) is 66.2 Å². The second-order valence-corrected chi connectivity index (χ2v) is 10.8. The fourth-order valence-electron chi connectivity index (χ4n) is 7.80. The van der Waals surface area contributed by atoms with Crippen molar-refractivity contribution in [2.45, 2.75) is 72.4 Å². The highest BCUT2D eigenvalue weighted by Crippen LogP contribution is 2.62. The van der Waals surface area contributed by atoms with Gasteiger partial charge in [0.15, 0.2) is 0 Å². The number of piperidine rings is 2.